The largest absolute Gasteiger partial charge is 0.349 e. The number of aryl methyl sites for hydroxylation is 2. The van der Waals surface area contributed by atoms with E-state index in [1.165, 1.54) is 0 Å². The molecule has 0 unspecified atom stereocenters. The zero-order chi connectivity index (χ0) is 11.4. The van der Waals surface area contributed by atoms with Gasteiger partial charge < -0.3 is 4.98 Å². The zero-order valence-corrected chi connectivity index (χ0v) is 9.02. The fourth-order valence-electron chi connectivity index (χ4n) is 2.02. The lowest BCUT2D eigenvalue weighted by Gasteiger charge is -2.08. The van der Waals surface area contributed by atoms with E-state index in [0.717, 1.165) is 11.1 Å². The maximum atomic E-state index is 12.9. The minimum atomic E-state index is -0.256. The third kappa shape index (κ3) is 1.08. The number of ketones is 1. The normalized spacial score (nSPS) is 11.7. The molecule has 1 aromatic carbocycles. The molecule has 1 N–H and O–H groups in total. The van der Waals surface area contributed by atoms with E-state index in [1.54, 1.807) is 6.07 Å². The number of carbonyl (C=O) groups excluding carboxylic acids is 1. The second kappa shape index (κ2) is 2.82. The fourth-order valence-corrected chi connectivity index (χ4v) is 2.02. The van der Waals surface area contributed by atoms with Crippen molar-refractivity contribution in [2.24, 2.45) is 0 Å². The zero-order valence-electron chi connectivity index (χ0n) is 9.02. The van der Waals surface area contributed by atoms with Crippen molar-refractivity contribution in [3.8, 4) is 11.3 Å². The van der Waals surface area contributed by atoms with Gasteiger partial charge in [-0.05, 0) is 19.4 Å². The van der Waals surface area contributed by atoms with Gasteiger partial charge in [0.2, 0.25) is 5.78 Å². The Morgan fingerprint density at radius 2 is 2.06 bits per heavy atom. The SMILES string of the molecule is Cc1ccc(C(=O)c2[nH]c3c(F)c2-3)c(C)c1. The van der Waals surface area contributed by atoms with E-state index in [-0.39, 0.29) is 11.6 Å². The van der Waals surface area contributed by atoms with Gasteiger partial charge in [0, 0.05) is 5.56 Å². The quantitative estimate of drug-likeness (QED) is 0.655. The van der Waals surface area contributed by atoms with Crippen LogP contribution in [0.1, 0.15) is 27.2 Å². The summed E-state index contributed by atoms with van der Waals surface area (Å²) in [6, 6.07) is 5.64. The van der Waals surface area contributed by atoms with Crippen molar-refractivity contribution in [1.82, 2.24) is 4.98 Å². The molecule has 2 aliphatic rings. The van der Waals surface area contributed by atoms with E-state index in [4.69, 9.17) is 0 Å². The molecule has 3 rings (SSSR count). The van der Waals surface area contributed by atoms with Crippen LogP contribution in [0.15, 0.2) is 18.2 Å². The van der Waals surface area contributed by atoms with Crippen molar-refractivity contribution in [3.63, 3.8) is 0 Å². The third-order valence-electron chi connectivity index (χ3n) is 2.98. The van der Waals surface area contributed by atoms with Crippen LogP contribution in [0.3, 0.4) is 0 Å². The minimum absolute atomic E-state index is 0.121. The number of fused-ring (bicyclic) bond motifs is 1. The van der Waals surface area contributed by atoms with E-state index in [2.05, 4.69) is 4.98 Å². The smallest absolute Gasteiger partial charge is 0.210 e. The highest BCUT2D eigenvalue weighted by atomic mass is 19.1. The second-order valence-corrected chi connectivity index (χ2v) is 4.21. The Morgan fingerprint density at radius 3 is 2.56 bits per heavy atom. The van der Waals surface area contributed by atoms with Crippen molar-refractivity contribution in [3.05, 3.63) is 46.4 Å². The molecule has 1 aliphatic carbocycles. The van der Waals surface area contributed by atoms with Crippen molar-refractivity contribution >= 4 is 5.78 Å². The summed E-state index contributed by atoms with van der Waals surface area (Å²) < 4.78 is 12.9. The van der Waals surface area contributed by atoms with Gasteiger partial charge in [-0.1, -0.05) is 23.8 Å². The molecule has 0 spiro atoms. The summed E-state index contributed by atoms with van der Waals surface area (Å²) in [5.41, 5.74) is 4.08. The standard InChI is InChI=1S/C13H10FNO/c1-6-3-4-8(7(2)5-6)13(16)12-9-10(14)11(9)15-12/h3-5,15H,1-2H3. The van der Waals surface area contributed by atoms with Crippen LogP contribution in [0.4, 0.5) is 4.39 Å². The van der Waals surface area contributed by atoms with E-state index in [0.29, 0.717) is 22.5 Å². The number of hydrogen-bond donors (Lipinski definition) is 1. The first-order chi connectivity index (χ1) is 7.59. The highest BCUT2D eigenvalue weighted by Gasteiger charge is 2.38. The summed E-state index contributed by atoms with van der Waals surface area (Å²) in [5, 5.41) is 0. The molecule has 0 atom stereocenters. The van der Waals surface area contributed by atoms with Gasteiger partial charge in [0.05, 0.1) is 17.0 Å². The summed E-state index contributed by atoms with van der Waals surface area (Å²) in [7, 11) is 0. The summed E-state index contributed by atoms with van der Waals surface area (Å²) in [4.78, 5) is 14.8. The number of aromatic amines is 1. The predicted molar refractivity (Wildman–Crippen MR) is 59.1 cm³/mol. The molecule has 2 nitrogen and oxygen atoms in total. The summed E-state index contributed by atoms with van der Waals surface area (Å²) in [5.74, 6) is -0.378. The van der Waals surface area contributed by atoms with E-state index in [9.17, 15) is 9.18 Å². The molecule has 0 fully saturated rings. The molecule has 1 aromatic rings. The Balaban J connectivity index is 2.02. The first kappa shape index (κ1) is 9.33. The van der Waals surface area contributed by atoms with Crippen molar-refractivity contribution < 1.29 is 9.18 Å². The van der Waals surface area contributed by atoms with Crippen molar-refractivity contribution in [1.29, 1.82) is 0 Å². The summed E-state index contributed by atoms with van der Waals surface area (Å²) in [6.07, 6.45) is 0. The molecule has 0 saturated heterocycles. The second-order valence-electron chi connectivity index (χ2n) is 4.21. The molecule has 0 saturated carbocycles. The van der Waals surface area contributed by atoms with Crippen molar-refractivity contribution in [2.75, 3.05) is 0 Å². The molecule has 0 amide bonds. The molecular weight excluding hydrogens is 205 g/mol. The van der Waals surface area contributed by atoms with Crippen LogP contribution in [0.25, 0.3) is 11.3 Å². The lowest BCUT2D eigenvalue weighted by Crippen LogP contribution is -2.08. The van der Waals surface area contributed by atoms with Gasteiger partial charge >= 0.3 is 0 Å². The van der Waals surface area contributed by atoms with Crippen LogP contribution in [-0.4, -0.2) is 10.8 Å². The number of nitrogens with one attached hydrogen (secondary N) is 1. The molecule has 3 heteroatoms. The molecule has 16 heavy (non-hydrogen) atoms. The first-order valence-corrected chi connectivity index (χ1v) is 5.13. The topological polar surface area (TPSA) is 32.9 Å². The Labute approximate surface area is 92.1 Å². The summed E-state index contributed by atoms with van der Waals surface area (Å²) in [6.45, 7) is 3.87. The number of aromatic nitrogens is 1. The molecule has 0 bridgehead atoms. The molecule has 80 valence electrons. The molecule has 0 aromatic heterocycles. The average Bonchev–Trinajstić information content (AvgIpc) is 2.65. The lowest BCUT2D eigenvalue weighted by atomic mass is 9.99. The molecule has 1 aliphatic heterocycles. The van der Waals surface area contributed by atoms with Crippen LogP contribution >= 0.6 is 0 Å². The van der Waals surface area contributed by atoms with Crippen LogP contribution in [-0.2, 0) is 0 Å². The van der Waals surface area contributed by atoms with Gasteiger partial charge in [-0.25, -0.2) is 4.39 Å². The number of hydrogen-bond acceptors (Lipinski definition) is 1. The van der Waals surface area contributed by atoms with Gasteiger partial charge in [0.25, 0.3) is 0 Å². The van der Waals surface area contributed by atoms with E-state index >= 15 is 0 Å². The Kier molecular flexibility index (Phi) is 1.64. The van der Waals surface area contributed by atoms with E-state index < -0.39 is 0 Å². The highest BCUT2D eigenvalue weighted by Crippen LogP contribution is 2.45. The van der Waals surface area contributed by atoms with Crippen LogP contribution in [0, 0.1) is 19.7 Å². The molecule has 1 heterocycles. The van der Waals surface area contributed by atoms with Crippen LogP contribution < -0.4 is 0 Å². The van der Waals surface area contributed by atoms with Gasteiger partial charge in [-0.3, -0.25) is 4.79 Å². The van der Waals surface area contributed by atoms with Crippen LogP contribution in [0.5, 0.6) is 0 Å². The van der Waals surface area contributed by atoms with Crippen LogP contribution in [0.2, 0.25) is 0 Å². The average molecular weight is 215 g/mol. The number of H-pyrrole nitrogens is 1. The lowest BCUT2D eigenvalue weighted by molar-refractivity contribution is 0.103. The van der Waals surface area contributed by atoms with Gasteiger partial charge in [-0.15, -0.1) is 0 Å². The molecular formula is C13H10FNO. The third-order valence-corrected chi connectivity index (χ3v) is 2.98. The Morgan fingerprint density at radius 1 is 1.31 bits per heavy atom. The number of benzene rings is 1. The Bertz CT molecular complexity index is 625. The van der Waals surface area contributed by atoms with Gasteiger partial charge in [0.15, 0.2) is 5.82 Å². The Hall–Kier alpha value is -1.90. The predicted octanol–water partition coefficient (Wildman–Crippen LogP) is 2.98. The monoisotopic (exact) mass is 215 g/mol. The number of rotatable bonds is 2. The minimum Gasteiger partial charge on any atom is -0.349 e. The first-order valence-electron chi connectivity index (χ1n) is 5.13. The van der Waals surface area contributed by atoms with Gasteiger partial charge in [-0.2, -0.15) is 0 Å². The number of halogens is 1. The maximum absolute atomic E-state index is 12.9. The van der Waals surface area contributed by atoms with Gasteiger partial charge in [0.1, 0.15) is 0 Å². The van der Waals surface area contributed by atoms with Crippen molar-refractivity contribution in [2.45, 2.75) is 13.8 Å². The highest BCUT2D eigenvalue weighted by molar-refractivity contribution is 6.16. The number of carbonyl (C=O) groups is 1. The van der Waals surface area contributed by atoms with E-state index in [1.807, 2.05) is 26.0 Å². The summed E-state index contributed by atoms with van der Waals surface area (Å²) >= 11 is 0. The fraction of sp³-hybridized carbons (Fsp3) is 0.154. The molecule has 0 radical (unpaired) electrons. The maximum Gasteiger partial charge on any atom is 0.210 e.